The molecule has 9 heteroatoms. The number of aromatic nitrogens is 4. The molecule has 2 N–H and O–H groups in total. The molecule has 1 saturated heterocycles. The van der Waals surface area contributed by atoms with Crippen LogP contribution in [0.4, 0.5) is 4.79 Å². The number of benzene rings is 1. The molecule has 1 aromatic carbocycles. The van der Waals surface area contributed by atoms with Gasteiger partial charge in [-0.25, -0.2) is 19.4 Å². The van der Waals surface area contributed by atoms with E-state index in [0.29, 0.717) is 18.9 Å². The Bertz CT molecular complexity index is 956. The number of hydrogen-bond acceptors (Lipinski definition) is 6. The summed E-state index contributed by atoms with van der Waals surface area (Å²) < 4.78 is 7.00. The van der Waals surface area contributed by atoms with Gasteiger partial charge in [-0.3, -0.25) is 4.90 Å². The Morgan fingerprint density at radius 1 is 1.00 bits per heavy atom. The van der Waals surface area contributed by atoms with Crippen LogP contribution < -0.4 is 10.6 Å². The molecule has 0 bridgehead atoms. The Balaban J connectivity index is 1.32. The van der Waals surface area contributed by atoms with E-state index < -0.39 is 0 Å². The summed E-state index contributed by atoms with van der Waals surface area (Å²) in [6.45, 7) is 5.07. The molecule has 1 fully saturated rings. The molecule has 0 aliphatic carbocycles. The molecule has 0 saturated carbocycles. The summed E-state index contributed by atoms with van der Waals surface area (Å²) in [7, 11) is 0. The van der Waals surface area contributed by atoms with Crippen molar-refractivity contribution < 1.29 is 9.53 Å². The summed E-state index contributed by atoms with van der Waals surface area (Å²) in [5, 5.41) is 9.96. The van der Waals surface area contributed by atoms with Crippen LogP contribution in [0.25, 0.3) is 5.82 Å². The molecule has 0 unspecified atom stereocenters. The van der Waals surface area contributed by atoms with Gasteiger partial charge in [0.15, 0.2) is 5.82 Å². The summed E-state index contributed by atoms with van der Waals surface area (Å²) >= 11 is 0. The van der Waals surface area contributed by atoms with Crippen molar-refractivity contribution >= 4 is 6.03 Å². The van der Waals surface area contributed by atoms with Gasteiger partial charge in [0, 0.05) is 44.5 Å². The van der Waals surface area contributed by atoms with E-state index in [1.54, 1.807) is 17.2 Å². The summed E-state index contributed by atoms with van der Waals surface area (Å²) in [5.41, 5.74) is 3.19. The zero-order chi connectivity index (χ0) is 20.6. The third-order valence-corrected chi connectivity index (χ3v) is 5.00. The lowest BCUT2D eigenvalue weighted by Crippen LogP contribution is -2.37. The van der Waals surface area contributed by atoms with Gasteiger partial charge in [-0.15, -0.1) is 0 Å². The highest BCUT2D eigenvalue weighted by molar-refractivity contribution is 5.74. The highest BCUT2D eigenvalue weighted by Gasteiger charge is 2.13. The number of morpholine rings is 1. The number of nitrogens with zero attached hydrogens (tertiary/aromatic N) is 5. The first-order valence-corrected chi connectivity index (χ1v) is 9.97. The number of pyridine rings is 1. The van der Waals surface area contributed by atoms with E-state index >= 15 is 0 Å². The second-order valence-corrected chi connectivity index (χ2v) is 7.02. The summed E-state index contributed by atoms with van der Waals surface area (Å²) in [6.07, 6.45) is 4.72. The van der Waals surface area contributed by atoms with Gasteiger partial charge in [0.1, 0.15) is 12.7 Å². The molecule has 0 spiro atoms. The lowest BCUT2D eigenvalue weighted by atomic mass is 10.1. The van der Waals surface area contributed by atoms with Crippen molar-refractivity contribution in [1.29, 1.82) is 0 Å². The standard InChI is InChI=1S/C21H25N7O2/c29-21(25-13-18-6-3-7-23-20(18)28-16-22-15-26-28)24-12-17-4-1-2-5-19(17)14-27-8-10-30-11-9-27/h1-7,15-16H,8-14H2,(H2,24,25,29). The van der Waals surface area contributed by atoms with Crippen LogP contribution in [0, 0.1) is 0 Å². The zero-order valence-corrected chi connectivity index (χ0v) is 16.7. The maximum absolute atomic E-state index is 12.4. The smallest absolute Gasteiger partial charge is 0.315 e. The highest BCUT2D eigenvalue weighted by atomic mass is 16.5. The number of carbonyl (C=O) groups excluding carboxylic acids is 1. The quantitative estimate of drug-likeness (QED) is 0.616. The van der Waals surface area contributed by atoms with Gasteiger partial charge in [-0.2, -0.15) is 5.10 Å². The van der Waals surface area contributed by atoms with Gasteiger partial charge < -0.3 is 15.4 Å². The van der Waals surface area contributed by atoms with Crippen molar-refractivity contribution in [2.24, 2.45) is 0 Å². The van der Waals surface area contributed by atoms with Crippen LogP contribution >= 0.6 is 0 Å². The molecule has 2 amide bonds. The first-order valence-electron chi connectivity index (χ1n) is 9.97. The van der Waals surface area contributed by atoms with E-state index in [0.717, 1.165) is 44.0 Å². The van der Waals surface area contributed by atoms with Crippen LogP contribution in [0.3, 0.4) is 0 Å². The number of carbonyl (C=O) groups is 1. The fourth-order valence-corrected chi connectivity index (χ4v) is 3.39. The van der Waals surface area contributed by atoms with Crippen LogP contribution in [0.15, 0.2) is 55.2 Å². The SMILES string of the molecule is O=C(NCc1ccccc1CN1CCOCC1)NCc1cccnc1-n1cncn1. The first-order chi connectivity index (χ1) is 14.8. The van der Waals surface area contributed by atoms with E-state index in [1.807, 2.05) is 24.3 Å². The molecular formula is C21H25N7O2. The fourth-order valence-electron chi connectivity index (χ4n) is 3.39. The van der Waals surface area contributed by atoms with Crippen LogP contribution in [-0.2, 0) is 24.4 Å². The largest absolute Gasteiger partial charge is 0.379 e. The number of rotatable bonds is 7. The Hall–Kier alpha value is -3.30. The average Bonchev–Trinajstić information content (AvgIpc) is 3.33. The predicted molar refractivity (Wildman–Crippen MR) is 111 cm³/mol. The summed E-state index contributed by atoms with van der Waals surface area (Å²) in [5.74, 6) is 0.645. The molecule has 1 aliphatic heterocycles. The minimum atomic E-state index is -0.232. The van der Waals surface area contributed by atoms with Gasteiger partial charge in [0.05, 0.1) is 13.2 Å². The molecule has 9 nitrogen and oxygen atoms in total. The lowest BCUT2D eigenvalue weighted by molar-refractivity contribution is 0.0341. The van der Waals surface area contributed by atoms with Crippen LogP contribution in [0.5, 0.6) is 0 Å². The molecule has 0 atom stereocenters. The van der Waals surface area contributed by atoms with Crippen molar-refractivity contribution in [1.82, 2.24) is 35.3 Å². The van der Waals surface area contributed by atoms with Gasteiger partial charge in [0.2, 0.25) is 0 Å². The Morgan fingerprint density at radius 3 is 2.50 bits per heavy atom. The highest BCUT2D eigenvalue weighted by Crippen LogP contribution is 2.13. The maximum Gasteiger partial charge on any atom is 0.315 e. The topological polar surface area (TPSA) is 97.2 Å². The van der Waals surface area contributed by atoms with Crippen LogP contribution in [0.2, 0.25) is 0 Å². The van der Waals surface area contributed by atoms with Gasteiger partial charge in [-0.05, 0) is 17.2 Å². The molecule has 3 aromatic rings. The van der Waals surface area contributed by atoms with Gasteiger partial charge in [0.25, 0.3) is 0 Å². The second kappa shape index (κ2) is 9.95. The van der Waals surface area contributed by atoms with Gasteiger partial charge in [-0.1, -0.05) is 30.3 Å². The molecule has 3 heterocycles. The number of ether oxygens (including phenoxy) is 1. The maximum atomic E-state index is 12.4. The van der Waals surface area contributed by atoms with E-state index in [4.69, 9.17) is 4.74 Å². The number of amides is 2. The third kappa shape index (κ3) is 5.19. The van der Waals surface area contributed by atoms with Crippen molar-refractivity contribution in [3.63, 3.8) is 0 Å². The Labute approximate surface area is 175 Å². The van der Waals surface area contributed by atoms with Crippen molar-refractivity contribution in [2.75, 3.05) is 26.3 Å². The van der Waals surface area contributed by atoms with E-state index in [2.05, 4.69) is 42.7 Å². The van der Waals surface area contributed by atoms with E-state index in [1.165, 1.54) is 11.9 Å². The third-order valence-electron chi connectivity index (χ3n) is 5.00. The van der Waals surface area contributed by atoms with Crippen LogP contribution in [0.1, 0.15) is 16.7 Å². The Kier molecular flexibility index (Phi) is 6.63. The monoisotopic (exact) mass is 407 g/mol. The Morgan fingerprint density at radius 2 is 1.73 bits per heavy atom. The molecular weight excluding hydrogens is 382 g/mol. The molecule has 30 heavy (non-hydrogen) atoms. The van der Waals surface area contributed by atoms with Gasteiger partial charge >= 0.3 is 6.03 Å². The first kappa shape index (κ1) is 20.0. The zero-order valence-electron chi connectivity index (χ0n) is 16.7. The van der Waals surface area contributed by atoms with E-state index in [-0.39, 0.29) is 6.03 Å². The summed E-state index contributed by atoms with van der Waals surface area (Å²) in [4.78, 5) is 23.0. The predicted octanol–water partition coefficient (Wildman–Crippen LogP) is 1.49. The molecule has 2 aromatic heterocycles. The molecule has 4 rings (SSSR count). The average molecular weight is 407 g/mol. The summed E-state index contributed by atoms with van der Waals surface area (Å²) in [6, 6.07) is 11.7. The van der Waals surface area contributed by atoms with Crippen molar-refractivity contribution in [2.45, 2.75) is 19.6 Å². The van der Waals surface area contributed by atoms with Crippen molar-refractivity contribution in [3.05, 3.63) is 71.9 Å². The molecule has 0 radical (unpaired) electrons. The fraction of sp³-hybridized carbons (Fsp3) is 0.333. The second-order valence-electron chi connectivity index (χ2n) is 7.02. The number of hydrogen-bond donors (Lipinski definition) is 2. The van der Waals surface area contributed by atoms with Crippen LogP contribution in [-0.4, -0.2) is 57.0 Å². The number of urea groups is 1. The molecule has 156 valence electrons. The number of nitrogens with one attached hydrogen (secondary N) is 2. The lowest BCUT2D eigenvalue weighted by Gasteiger charge is -2.27. The minimum absolute atomic E-state index is 0.232. The molecule has 1 aliphatic rings. The normalized spacial score (nSPS) is 14.4. The van der Waals surface area contributed by atoms with E-state index in [9.17, 15) is 4.79 Å². The minimum Gasteiger partial charge on any atom is -0.379 e. The van der Waals surface area contributed by atoms with Crippen molar-refractivity contribution in [3.8, 4) is 5.82 Å².